The highest BCUT2D eigenvalue weighted by Gasteiger charge is 2.22. The molecule has 0 aliphatic heterocycles. The largest absolute Gasteiger partial charge is 0.515 e. The van der Waals surface area contributed by atoms with Crippen molar-refractivity contribution in [3.05, 3.63) is 59.4 Å². The molecule has 1 N–H and O–H groups in total. The number of carbonyl (C=O) groups excluding carboxylic acids is 1. The number of imidazole rings is 1. The number of benzene rings is 2. The van der Waals surface area contributed by atoms with Crippen LogP contribution in [0, 0.1) is 18.4 Å². The predicted octanol–water partition coefficient (Wildman–Crippen LogP) is 5.27. The number of ether oxygens (including phenoxy) is 2. The van der Waals surface area contributed by atoms with E-state index >= 15 is 0 Å². The molecule has 0 amide bonds. The van der Waals surface area contributed by atoms with E-state index in [2.05, 4.69) is 6.92 Å². The smallest absolute Gasteiger partial charge is 0.434 e. The quantitative estimate of drug-likeness (QED) is 0.151. The lowest BCUT2D eigenvalue weighted by atomic mass is 9.99. The summed E-state index contributed by atoms with van der Waals surface area (Å²) < 4.78 is 38.5. The first-order valence-corrected chi connectivity index (χ1v) is 14.5. The minimum Gasteiger partial charge on any atom is -0.434 e. The highest BCUT2D eigenvalue weighted by atomic mass is 32.2. The van der Waals surface area contributed by atoms with E-state index < -0.39 is 16.2 Å². The van der Waals surface area contributed by atoms with Gasteiger partial charge in [-0.15, -0.1) is 11.8 Å². The van der Waals surface area contributed by atoms with Gasteiger partial charge in [-0.25, -0.2) is 22.9 Å². The number of nitrogens with one attached hydrogen (secondary N) is 1. The Balaban J connectivity index is 1.91. The number of thioether (sulfide) groups is 1. The Kier molecular flexibility index (Phi) is 9.60. The van der Waals surface area contributed by atoms with E-state index in [0.717, 1.165) is 47.3 Å². The molecule has 0 radical (unpaired) electrons. The molecule has 0 fully saturated rings. The number of hydrogen-bond acceptors (Lipinski definition) is 8. The van der Waals surface area contributed by atoms with Crippen molar-refractivity contribution < 1.29 is 22.7 Å². The number of unbranched alkanes of at least 4 members (excludes halogenated alkanes) is 1. The third kappa shape index (κ3) is 6.84. The van der Waals surface area contributed by atoms with Gasteiger partial charge in [0.05, 0.1) is 18.0 Å². The lowest BCUT2D eigenvalue weighted by Gasteiger charge is -2.13. The van der Waals surface area contributed by atoms with E-state index in [1.54, 1.807) is 13.0 Å². The Morgan fingerprint density at radius 3 is 2.51 bits per heavy atom. The fourth-order valence-corrected chi connectivity index (χ4v) is 5.16. The molecule has 1 heterocycles. The number of rotatable bonds is 11. The highest BCUT2D eigenvalue weighted by molar-refractivity contribution is 7.98. The molecule has 0 bridgehead atoms. The molecule has 11 heteroatoms. The van der Waals surface area contributed by atoms with Crippen molar-refractivity contribution in [1.29, 1.82) is 5.26 Å². The summed E-state index contributed by atoms with van der Waals surface area (Å²) in [7, 11) is -3.87. The lowest BCUT2D eigenvalue weighted by molar-refractivity contribution is 0.0998. The van der Waals surface area contributed by atoms with Crippen molar-refractivity contribution in [3.8, 4) is 23.2 Å². The number of aromatic nitrogens is 2. The molecule has 0 aliphatic rings. The normalized spacial score (nSPS) is 11.1. The molecule has 3 rings (SSSR count). The maximum atomic E-state index is 12.1. The summed E-state index contributed by atoms with van der Waals surface area (Å²) in [5.74, 6) is 1.22. The molecule has 9 nitrogen and oxygen atoms in total. The summed E-state index contributed by atoms with van der Waals surface area (Å²) in [6, 6.07) is 12.6. The van der Waals surface area contributed by atoms with E-state index in [1.807, 2.05) is 46.7 Å². The Morgan fingerprint density at radius 1 is 1.19 bits per heavy atom. The second kappa shape index (κ2) is 12.7. The molecular weight excluding hydrogens is 512 g/mol. The zero-order chi connectivity index (χ0) is 27.0. The second-order valence-corrected chi connectivity index (χ2v) is 10.7. The molecule has 37 heavy (non-hydrogen) atoms. The van der Waals surface area contributed by atoms with Crippen molar-refractivity contribution in [3.63, 3.8) is 0 Å². The Labute approximate surface area is 221 Å². The first-order chi connectivity index (χ1) is 17.7. The van der Waals surface area contributed by atoms with Gasteiger partial charge in [-0.2, -0.15) is 5.26 Å². The molecule has 2 aromatic carbocycles. The van der Waals surface area contributed by atoms with Gasteiger partial charge in [0.25, 0.3) is 10.0 Å². The summed E-state index contributed by atoms with van der Waals surface area (Å²) in [5.41, 5.74) is 3.54. The van der Waals surface area contributed by atoms with Gasteiger partial charge in [0.15, 0.2) is 11.2 Å². The zero-order valence-corrected chi connectivity index (χ0v) is 22.9. The van der Waals surface area contributed by atoms with Crippen molar-refractivity contribution in [1.82, 2.24) is 14.3 Å². The van der Waals surface area contributed by atoms with E-state index in [0.29, 0.717) is 17.5 Å². The van der Waals surface area contributed by atoms with E-state index in [9.17, 15) is 13.2 Å². The molecule has 0 atom stereocenters. The van der Waals surface area contributed by atoms with Crippen LogP contribution in [0.25, 0.3) is 11.1 Å². The SMILES string of the molecule is CCCCc1nc(SC)c(OC(=O)OCC)n1Cc1ccc(-c2ccc(S(=O)(=O)NC#N)cc2C)cc1. The van der Waals surface area contributed by atoms with E-state index in [4.69, 9.17) is 19.7 Å². The standard InChI is InChI=1S/C26H30N4O5S2/c1-5-7-8-23-29-24(36-4)25(35-26(31)34-6-2)30(23)16-19-9-11-20(12-10-19)22-14-13-21(15-18(22)3)37(32,33)28-17-27/h9-15,28H,5-8,16H2,1-4H3. The number of hydrogen-bond donors (Lipinski definition) is 1. The molecular formula is C26H30N4O5S2. The van der Waals surface area contributed by atoms with Crippen LogP contribution in [-0.2, 0) is 27.7 Å². The van der Waals surface area contributed by atoms with Gasteiger partial charge in [0.2, 0.25) is 5.88 Å². The fraction of sp³-hybridized carbons (Fsp3) is 0.346. The molecule has 0 saturated carbocycles. The van der Waals surface area contributed by atoms with Crippen molar-refractivity contribution in [2.45, 2.75) is 56.5 Å². The van der Waals surface area contributed by atoms with E-state index in [1.165, 1.54) is 30.1 Å². The summed E-state index contributed by atoms with van der Waals surface area (Å²) in [5, 5.41) is 9.31. The average Bonchev–Trinajstić information content (AvgIpc) is 3.19. The van der Waals surface area contributed by atoms with Crippen molar-refractivity contribution in [2.24, 2.45) is 0 Å². The molecule has 0 saturated heterocycles. The molecule has 0 unspecified atom stereocenters. The Morgan fingerprint density at radius 2 is 1.92 bits per heavy atom. The molecule has 3 aromatic rings. The highest BCUT2D eigenvalue weighted by Crippen LogP contribution is 2.32. The Bertz CT molecular complexity index is 1390. The number of nitrogens with zero attached hydrogens (tertiary/aromatic N) is 3. The van der Waals surface area contributed by atoms with Crippen LogP contribution in [0.5, 0.6) is 5.88 Å². The van der Waals surface area contributed by atoms with Crippen LogP contribution < -0.4 is 9.46 Å². The molecule has 0 spiro atoms. The van der Waals surface area contributed by atoms with Gasteiger partial charge in [-0.1, -0.05) is 43.7 Å². The lowest BCUT2D eigenvalue weighted by Crippen LogP contribution is -2.18. The monoisotopic (exact) mass is 542 g/mol. The molecule has 0 aliphatic carbocycles. The second-order valence-electron chi connectivity index (χ2n) is 8.21. The van der Waals surface area contributed by atoms with Gasteiger partial charge < -0.3 is 9.47 Å². The summed E-state index contributed by atoms with van der Waals surface area (Å²) in [6.07, 6.45) is 5.30. The van der Waals surface area contributed by atoms with Gasteiger partial charge >= 0.3 is 6.16 Å². The van der Waals surface area contributed by atoms with Gasteiger partial charge in [0, 0.05) is 6.42 Å². The van der Waals surface area contributed by atoms with Crippen LogP contribution in [0.2, 0.25) is 0 Å². The van der Waals surface area contributed by atoms with Crippen LogP contribution in [0.1, 0.15) is 43.6 Å². The summed E-state index contributed by atoms with van der Waals surface area (Å²) in [4.78, 5) is 16.9. The topological polar surface area (TPSA) is 123 Å². The van der Waals surface area contributed by atoms with E-state index in [-0.39, 0.29) is 11.5 Å². The Hall–Kier alpha value is -3.49. The van der Waals surface area contributed by atoms with Crippen molar-refractivity contribution in [2.75, 3.05) is 12.9 Å². The number of carbonyl (C=O) groups is 1. The van der Waals surface area contributed by atoms with Crippen LogP contribution in [-0.4, -0.2) is 37.0 Å². The number of sulfonamides is 1. The predicted molar refractivity (Wildman–Crippen MR) is 142 cm³/mol. The summed E-state index contributed by atoms with van der Waals surface area (Å²) in [6.45, 7) is 6.33. The summed E-state index contributed by atoms with van der Waals surface area (Å²) >= 11 is 1.41. The first-order valence-electron chi connectivity index (χ1n) is 11.8. The van der Waals surface area contributed by atoms with Gasteiger partial charge in [-0.3, -0.25) is 4.57 Å². The molecule has 1 aromatic heterocycles. The van der Waals surface area contributed by atoms with Gasteiger partial charge in [-0.05, 0) is 60.9 Å². The van der Waals surface area contributed by atoms with Crippen LogP contribution in [0.3, 0.4) is 0 Å². The van der Waals surface area contributed by atoms with Crippen molar-refractivity contribution >= 4 is 27.9 Å². The third-order valence-electron chi connectivity index (χ3n) is 5.65. The minimum absolute atomic E-state index is 0.0327. The number of aryl methyl sites for hydroxylation is 2. The minimum atomic E-state index is -3.87. The van der Waals surface area contributed by atoms with Crippen LogP contribution in [0.15, 0.2) is 52.4 Å². The molecule has 196 valence electrons. The maximum absolute atomic E-state index is 12.1. The first kappa shape index (κ1) is 28.1. The number of nitriles is 1. The van der Waals surface area contributed by atoms with Gasteiger partial charge in [0.1, 0.15) is 5.82 Å². The van der Waals surface area contributed by atoms with Crippen LogP contribution >= 0.6 is 11.8 Å². The fourth-order valence-electron chi connectivity index (χ4n) is 3.82. The maximum Gasteiger partial charge on any atom is 0.515 e. The third-order valence-corrected chi connectivity index (χ3v) is 7.54. The zero-order valence-electron chi connectivity index (χ0n) is 21.3. The average molecular weight is 543 g/mol. The van der Waals surface area contributed by atoms with Crippen LogP contribution in [0.4, 0.5) is 4.79 Å².